The van der Waals surface area contributed by atoms with Gasteiger partial charge in [0.25, 0.3) is 0 Å². The number of carbonyl (C=O) groups excluding carboxylic acids is 1. The minimum absolute atomic E-state index is 0.0687. The van der Waals surface area contributed by atoms with E-state index in [1.54, 1.807) is 17.0 Å². The van der Waals surface area contributed by atoms with Crippen LogP contribution in [-0.2, 0) is 6.54 Å². The first kappa shape index (κ1) is 15.2. The predicted octanol–water partition coefficient (Wildman–Crippen LogP) is 3.03. The molecule has 0 spiro atoms. The third-order valence-corrected chi connectivity index (χ3v) is 3.28. The van der Waals surface area contributed by atoms with E-state index in [1.807, 2.05) is 30.3 Å². The van der Waals surface area contributed by atoms with Crippen molar-refractivity contribution in [3.8, 4) is 0 Å². The van der Waals surface area contributed by atoms with Crippen LogP contribution in [0, 0.1) is 5.82 Å². The zero-order valence-electron chi connectivity index (χ0n) is 11.9. The molecule has 0 atom stereocenters. The highest BCUT2D eigenvalue weighted by Gasteiger charge is 2.13. The molecule has 3 nitrogen and oxygen atoms in total. The number of aliphatic hydroxyl groups excluding tert-OH is 1. The largest absolute Gasteiger partial charge is 0.395 e. The second kappa shape index (κ2) is 6.99. The zero-order valence-corrected chi connectivity index (χ0v) is 11.9. The lowest BCUT2D eigenvalue weighted by Gasteiger charge is -2.24. The summed E-state index contributed by atoms with van der Waals surface area (Å²) < 4.78 is 14.2. The molecule has 110 valence electrons. The van der Waals surface area contributed by atoms with Crippen molar-refractivity contribution in [2.75, 3.05) is 18.1 Å². The number of anilines is 1. The molecular weight excluding hydrogens is 269 g/mol. The van der Waals surface area contributed by atoms with Crippen molar-refractivity contribution in [2.45, 2.75) is 13.5 Å². The normalized spacial score (nSPS) is 10.4. The fourth-order valence-electron chi connectivity index (χ4n) is 2.19. The summed E-state index contributed by atoms with van der Waals surface area (Å²) in [7, 11) is 0. The van der Waals surface area contributed by atoms with Gasteiger partial charge in [-0.25, -0.2) is 4.39 Å². The number of aliphatic hydroxyl groups is 1. The molecule has 0 radical (unpaired) electrons. The van der Waals surface area contributed by atoms with Gasteiger partial charge in [0.1, 0.15) is 5.82 Å². The van der Waals surface area contributed by atoms with E-state index in [0.29, 0.717) is 24.3 Å². The molecule has 0 aliphatic carbocycles. The lowest BCUT2D eigenvalue weighted by atomic mass is 10.1. The molecular formula is C17H18FNO2. The fraction of sp³-hybridized carbons (Fsp3) is 0.235. The van der Waals surface area contributed by atoms with Crippen LogP contribution in [-0.4, -0.2) is 24.0 Å². The molecule has 0 aromatic heterocycles. The molecule has 21 heavy (non-hydrogen) atoms. The number of hydrogen-bond acceptors (Lipinski definition) is 3. The highest BCUT2D eigenvalue weighted by Crippen LogP contribution is 2.22. The van der Waals surface area contributed by atoms with Gasteiger partial charge in [0, 0.05) is 18.7 Å². The van der Waals surface area contributed by atoms with Crippen molar-refractivity contribution in [1.29, 1.82) is 0 Å². The molecule has 0 saturated carbocycles. The minimum Gasteiger partial charge on any atom is -0.395 e. The van der Waals surface area contributed by atoms with E-state index in [1.165, 1.54) is 13.0 Å². The van der Waals surface area contributed by atoms with Gasteiger partial charge < -0.3 is 10.0 Å². The SMILES string of the molecule is CC(=O)c1ccc(N(CCO)Cc2ccccc2)c(F)c1. The Morgan fingerprint density at radius 3 is 2.48 bits per heavy atom. The third-order valence-electron chi connectivity index (χ3n) is 3.28. The van der Waals surface area contributed by atoms with Gasteiger partial charge in [0.2, 0.25) is 0 Å². The fourth-order valence-corrected chi connectivity index (χ4v) is 2.19. The Kier molecular flexibility index (Phi) is 5.06. The smallest absolute Gasteiger partial charge is 0.159 e. The molecule has 0 saturated heterocycles. The molecule has 0 unspecified atom stereocenters. The van der Waals surface area contributed by atoms with E-state index in [-0.39, 0.29) is 12.4 Å². The summed E-state index contributed by atoms with van der Waals surface area (Å²) in [6.07, 6.45) is 0. The van der Waals surface area contributed by atoms with E-state index < -0.39 is 5.82 Å². The first-order chi connectivity index (χ1) is 10.1. The average molecular weight is 287 g/mol. The Hall–Kier alpha value is -2.20. The van der Waals surface area contributed by atoms with Crippen molar-refractivity contribution in [3.63, 3.8) is 0 Å². The van der Waals surface area contributed by atoms with Crippen LogP contribution in [0.5, 0.6) is 0 Å². The highest BCUT2D eigenvalue weighted by molar-refractivity contribution is 5.94. The van der Waals surface area contributed by atoms with Crippen LogP contribution >= 0.6 is 0 Å². The summed E-state index contributed by atoms with van der Waals surface area (Å²) in [6, 6.07) is 14.1. The molecule has 0 fully saturated rings. The van der Waals surface area contributed by atoms with E-state index in [4.69, 9.17) is 0 Å². The second-order valence-electron chi connectivity index (χ2n) is 4.85. The topological polar surface area (TPSA) is 40.5 Å². The standard InChI is InChI=1S/C17H18FNO2/c1-13(21)15-7-8-17(16(18)11-15)19(9-10-20)12-14-5-3-2-4-6-14/h2-8,11,20H,9-10,12H2,1H3. The Labute approximate surface area is 123 Å². The second-order valence-corrected chi connectivity index (χ2v) is 4.85. The van der Waals surface area contributed by atoms with Gasteiger partial charge in [-0.2, -0.15) is 0 Å². The van der Waals surface area contributed by atoms with Crippen molar-refractivity contribution >= 4 is 11.5 Å². The Bertz CT molecular complexity index is 613. The van der Waals surface area contributed by atoms with Crippen LogP contribution in [0.25, 0.3) is 0 Å². The molecule has 0 aliphatic heterocycles. The molecule has 0 heterocycles. The number of rotatable bonds is 6. The summed E-state index contributed by atoms with van der Waals surface area (Å²) in [5.41, 5.74) is 1.76. The molecule has 2 aromatic rings. The Morgan fingerprint density at radius 1 is 1.19 bits per heavy atom. The molecule has 0 amide bonds. The predicted molar refractivity (Wildman–Crippen MR) is 81.0 cm³/mol. The summed E-state index contributed by atoms with van der Waals surface area (Å²) in [4.78, 5) is 13.0. The van der Waals surface area contributed by atoms with E-state index >= 15 is 0 Å². The number of Topliss-reactive ketones (excluding diaryl/α,β-unsaturated/α-hetero) is 1. The molecule has 4 heteroatoms. The van der Waals surface area contributed by atoms with Crippen molar-refractivity contribution in [1.82, 2.24) is 0 Å². The minimum atomic E-state index is -0.452. The third kappa shape index (κ3) is 3.89. The highest BCUT2D eigenvalue weighted by atomic mass is 19.1. The average Bonchev–Trinajstić information content (AvgIpc) is 2.48. The van der Waals surface area contributed by atoms with Gasteiger partial charge in [-0.1, -0.05) is 30.3 Å². The van der Waals surface area contributed by atoms with Crippen LogP contribution in [0.4, 0.5) is 10.1 Å². The van der Waals surface area contributed by atoms with Crippen molar-refractivity contribution in [2.24, 2.45) is 0 Å². The number of halogens is 1. The van der Waals surface area contributed by atoms with Gasteiger partial charge >= 0.3 is 0 Å². The number of nitrogens with zero attached hydrogens (tertiary/aromatic N) is 1. The number of carbonyl (C=O) groups is 1. The van der Waals surface area contributed by atoms with Crippen LogP contribution in [0.3, 0.4) is 0 Å². The van der Waals surface area contributed by atoms with Crippen molar-refractivity contribution < 1.29 is 14.3 Å². The first-order valence-corrected chi connectivity index (χ1v) is 6.82. The van der Waals surface area contributed by atoms with Gasteiger partial charge in [-0.05, 0) is 30.7 Å². The van der Waals surface area contributed by atoms with E-state index in [0.717, 1.165) is 5.56 Å². The maximum Gasteiger partial charge on any atom is 0.159 e. The maximum atomic E-state index is 14.2. The summed E-state index contributed by atoms with van der Waals surface area (Å²) in [5.74, 6) is -0.621. The lowest BCUT2D eigenvalue weighted by Crippen LogP contribution is -2.27. The van der Waals surface area contributed by atoms with Gasteiger partial charge in [-0.15, -0.1) is 0 Å². The zero-order chi connectivity index (χ0) is 15.2. The summed E-state index contributed by atoms with van der Waals surface area (Å²) >= 11 is 0. The van der Waals surface area contributed by atoms with E-state index in [9.17, 15) is 14.3 Å². The van der Waals surface area contributed by atoms with E-state index in [2.05, 4.69) is 0 Å². The van der Waals surface area contributed by atoms with Gasteiger partial charge in [0.05, 0.1) is 12.3 Å². The van der Waals surface area contributed by atoms with Crippen LogP contribution in [0.15, 0.2) is 48.5 Å². The molecule has 2 rings (SSSR count). The summed E-state index contributed by atoms with van der Waals surface area (Å²) in [6.45, 7) is 2.16. The molecule has 0 bridgehead atoms. The maximum absolute atomic E-state index is 14.2. The number of hydrogen-bond donors (Lipinski definition) is 1. The first-order valence-electron chi connectivity index (χ1n) is 6.82. The quantitative estimate of drug-likeness (QED) is 0.830. The lowest BCUT2D eigenvalue weighted by molar-refractivity contribution is 0.101. The monoisotopic (exact) mass is 287 g/mol. The Morgan fingerprint density at radius 2 is 1.90 bits per heavy atom. The molecule has 1 N–H and O–H groups in total. The Balaban J connectivity index is 2.27. The van der Waals surface area contributed by atoms with Gasteiger partial charge in [0.15, 0.2) is 5.78 Å². The van der Waals surface area contributed by atoms with Crippen molar-refractivity contribution in [3.05, 3.63) is 65.5 Å². The van der Waals surface area contributed by atoms with Crippen LogP contribution in [0.2, 0.25) is 0 Å². The van der Waals surface area contributed by atoms with Crippen LogP contribution < -0.4 is 4.90 Å². The van der Waals surface area contributed by atoms with Gasteiger partial charge in [-0.3, -0.25) is 4.79 Å². The van der Waals surface area contributed by atoms with Crippen LogP contribution in [0.1, 0.15) is 22.8 Å². The number of benzene rings is 2. The molecule has 2 aromatic carbocycles. The summed E-state index contributed by atoms with van der Waals surface area (Å²) in [5, 5.41) is 9.19. The number of ketones is 1. The molecule has 0 aliphatic rings.